The number of nitrogens with zero attached hydrogens (tertiary/aromatic N) is 2. The lowest BCUT2D eigenvalue weighted by atomic mass is 10.2. The lowest BCUT2D eigenvalue weighted by Gasteiger charge is -2.22. The highest BCUT2D eigenvalue weighted by Crippen LogP contribution is 2.22. The Hall–Kier alpha value is -2.74. The van der Waals surface area contributed by atoms with Crippen molar-refractivity contribution >= 4 is 27.6 Å². The van der Waals surface area contributed by atoms with Crippen LogP contribution in [0.25, 0.3) is 0 Å². The number of hydrogen-bond donors (Lipinski definition) is 0. The monoisotopic (exact) mass is 430 g/mol. The van der Waals surface area contributed by atoms with Crippen LogP contribution in [0.15, 0.2) is 77.8 Å². The summed E-state index contributed by atoms with van der Waals surface area (Å²) in [4.78, 5) is 15.9. The predicted octanol–water partition coefficient (Wildman–Crippen LogP) is 3.91. The molecule has 1 heterocycles. The Bertz CT molecular complexity index is 1070. The van der Waals surface area contributed by atoms with E-state index in [1.54, 1.807) is 24.3 Å². The van der Waals surface area contributed by atoms with Gasteiger partial charge < -0.3 is 4.74 Å². The summed E-state index contributed by atoms with van der Waals surface area (Å²) >= 11 is 5.90. The second kappa shape index (κ2) is 9.17. The Labute approximate surface area is 174 Å². The molecule has 1 aromatic heterocycles. The third kappa shape index (κ3) is 5.20. The molecule has 0 spiro atoms. The van der Waals surface area contributed by atoms with E-state index in [4.69, 9.17) is 11.6 Å². The zero-order valence-electron chi connectivity index (χ0n) is 15.7. The Morgan fingerprint density at radius 2 is 1.69 bits per heavy atom. The Morgan fingerprint density at radius 3 is 2.28 bits per heavy atom. The van der Waals surface area contributed by atoms with Gasteiger partial charge in [0.25, 0.3) is 0 Å². The molecule has 0 aliphatic heterocycles. The van der Waals surface area contributed by atoms with Gasteiger partial charge in [-0.25, -0.2) is 13.2 Å². The SMILES string of the molecule is COC(=O)c1ccc(CN(Cc2ccccc2)S(=O)(=O)c2ccc(Cl)cc2)nc1. The Kier molecular flexibility index (Phi) is 6.64. The van der Waals surface area contributed by atoms with Crippen LogP contribution in [0.2, 0.25) is 5.02 Å². The van der Waals surface area contributed by atoms with Crippen molar-refractivity contribution in [2.75, 3.05) is 7.11 Å². The van der Waals surface area contributed by atoms with E-state index in [-0.39, 0.29) is 18.0 Å². The van der Waals surface area contributed by atoms with Gasteiger partial charge in [-0.05, 0) is 42.0 Å². The van der Waals surface area contributed by atoms with E-state index >= 15 is 0 Å². The highest BCUT2D eigenvalue weighted by atomic mass is 35.5. The summed E-state index contributed by atoms with van der Waals surface area (Å²) in [5, 5.41) is 0.457. The molecule has 0 saturated heterocycles. The summed E-state index contributed by atoms with van der Waals surface area (Å²) in [6.45, 7) is 0.216. The lowest BCUT2D eigenvalue weighted by molar-refractivity contribution is 0.0600. The van der Waals surface area contributed by atoms with Gasteiger partial charge in [0, 0.05) is 17.8 Å². The molecule has 0 saturated carbocycles. The molecule has 0 amide bonds. The highest BCUT2D eigenvalue weighted by molar-refractivity contribution is 7.89. The van der Waals surface area contributed by atoms with Gasteiger partial charge in [-0.1, -0.05) is 41.9 Å². The minimum atomic E-state index is -3.80. The number of sulfonamides is 1. The maximum Gasteiger partial charge on any atom is 0.339 e. The molecule has 0 bridgehead atoms. The van der Waals surface area contributed by atoms with Crippen molar-refractivity contribution in [2.45, 2.75) is 18.0 Å². The van der Waals surface area contributed by atoms with Crippen molar-refractivity contribution in [3.05, 3.63) is 94.8 Å². The van der Waals surface area contributed by atoms with Gasteiger partial charge in [-0.15, -0.1) is 0 Å². The van der Waals surface area contributed by atoms with Crippen LogP contribution in [0.4, 0.5) is 0 Å². The smallest absolute Gasteiger partial charge is 0.339 e. The van der Waals surface area contributed by atoms with Gasteiger partial charge in [0.15, 0.2) is 0 Å². The molecule has 0 aliphatic rings. The Morgan fingerprint density at radius 1 is 1.00 bits per heavy atom. The zero-order chi connectivity index (χ0) is 20.9. The average Bonchev–Trinajstić information content (AvgIpc) is 2.74. The van der Waals surface area contributed by atoms with E-state index in [9.17, 15) is 13.2 Å². The van der Waals surface area contributed by atoms with E-state index in [1.165, 1.54) is 29.7 Å². The fraction of sp³-hybridized carbons (Fsp3) is 0.143. The lowest BCUT2D eigenvalue weighted by Crippen LogP contribution is -2.30. The zero-order valence-corrected chi connectivity index (χ0v) is 17.2. The van der Waals surface area contributed by atoms with Crippen molar-refractivity contribution in [3.8, 4) is 0 Å². The molecule has 0 aliphatic carbocycles. The van der Waals surface area contributed by atoms with Crippen LogP contribution < -0.4 is 0 Å². The summed E-state index contributed by atoms with van der Waals surface area (Å²) in [5.41, 5.74) is 1.65. The highest BCUT2D eigenvalue weighted by Gasteiger charge is 2.25. The fourth-order valence-electron chi connectivity index (χ4n) is 2.71. The summed E-state index contributed by atoms with van der Waals surface area (Å²) in [7, 11) is -2.51. The Balaban J connectivity index is 1.92. The maximum atomic E-state index is 13.3. The van der Waals surface area contributed by atoms with Gasteiger partial charge in [-0.3, -0.25) is 4.98 Å². The average molecular weight is 431 g/mol. The minimum absolute atomic E-state index is 0.0430. The predicted molar refractivity (Wildman–Crippen MR) is 110 cm³/mol. The molecule has 29 heavy (non-hydrogen) atoms. The number of ether oxygens (including phenoxy) is 1. The summed E-state index contributed by atoms with van der Waals surface area (Å²) in [6, 6.07) is 18.5. The number of carbonyl (C=O) groups is 1. The molecule has 8 heteroatoms. The molecule has 3 rings (SSSR count). The first kappa shape index (κ1) is 21.0. The van der Waals surface area contributed by atoms with Crippen molar-refractivity contribution in [1.82, 2.24) is 9.29 Å². The molecule has 2 aromatic carbocycles. The largest absolute Gasteiger partial charge is 0.465 e. The van der Waals surface area contributed by atoms with E-state index in [2.05, 4.69) is 9.72 Å². The number of benzene rings is 2. The normalized spacial score (nSPS) is 11.4. The molecular weight excluding hydrogens is 412 g/mol. The van der Waals surface area contributed by atoms with Gasteiger partial charge in [0.2, 0.25) is 10.0 Å². The topological polar surface area (TPSA) is 76.6 Å². The third-order valence-electron chi connectivity index (χ3n) is 4.24. The van der Waals surface area contributed by atoms with E-state index in [1.807, 2.05) is 30.3 Å². The summed E-state index contributed by atoms with van der Waals surface area (Å²) in [6.07, 6.45) is 1.37. The number of hydrogen-bond acceptors (Lipinski definition) is 5. The van der Waals surface area contributed by atoms with Crippen LogP contribution in [0.1, 0.15) is 21.6 Å². The van der Waals surface area contributed by atoms with Crippen LogP contribution in [-0.4, -0.2) is 30.8 Å². The van der Waals surface area contributed by atoms with Crippen molar-refractivity contribution < 1.29 is 17.9 Å². The quantitative estimate of drug-likeness (QED) is 0.531. The van der Waals surface area contributed by atoms with Crippen molar-refractivity contribution in [2.24, 2.45) is 0 Å². The van der Waals surface area contributed by atoms with Crippen molar-refractivity contribution in [3.63, 3.8) is 0 Å². The fourth-order valence-corrected chi connectivity index (χ4v) is 4.23. The molecule has 0 radical (unpaired) electrons. The molecule has 0 N–H and O–H groups in total. The molecule has 0 unspecified atom stereocenters. The van der Waals surface area contributed by atoms with Crippen LogP contribution in [0.5, 0.6) is 0 Å². The first-order chi connectivity index (χ1) is 13.9. The number of halogens is 1. The molecule has 150 valence electrons. The van der Waals surface area contributed by atoms with Gasteiger partial charge >= 0.3 is 5.97 Å². The van der Waals surface area contributed by atoms with Crippen molar-refractivity contribution in [1.29, 1.82) is 0 Å². The van der Waals surface area contributed by atoms with Crippen LogP contribution in [-0.2, 0) is 27.8 Å². The first-order valence-corrected chi connectivity index (χ1v) is 10.5. The number of pyridine rings is 1. The van der Waals surface area contributed by atoms with E-state index < -0.39 is 16.0 Å². The molecule has 3 aromatic rings. The van der Waals surface area contributed by atoms with E-state index in [0.29, 0.717) is 16.3 Å². The summed E-state index contributed by atoms with van der Waals surface area (Å²) < 4.78 is 32.5. The molecule has 0 fully saturated rings. The van der Waals surface area contributed by atoms with Crippen LogP contribution in [0, 0.1) is 0 Å². The second-order valence-corrected chi connectivity index (χ2v) is 8.62. The van der Waals surface area contributed by atoms with Gasteiger partial charge in [0.05, 0.1) is 29.8 Å². The van der Waals surface area contributed by atoms with Crippen LogP contribution >= 0.6 is 11.6 Å². The summed E-state index contributed by atoms with van der Waals surface area (Å²) in [5.74, 6) is -0.501. The minimum Gasteiger partial charge on any atom is -0.465 e. The molecule has 0 atom stereocenters. The van der Waals surface area contributed by atoms with Gasteiger partial charge in [0.1, 0.15) is 0 Å². The third-order valence-corrected chi connectivity index (χ3v) is 6.30. The van der Waals surface area contributed by atoms with Gasteiger partial charge in [-0.2, -0.15) is 4.31 Å². The molecular formula is C21H19ClN2O4S. The molecule has 6 nitrogen and oxygen atoms in total. The number of rotatable bonds is 7. The standard InChI is InChI=1S/C21H19ClN2O4S/c1-28-21(25)17-7-10-19(23-13-17)15-24(14-16-5-3-2-4-6-16)29(26,27)20-11-8-18(22)9-12-20/h2-13H,14-15H2,1H3. The van der Waals surface area contributed by atoms with E-state index in [0.717, 1.165) is 5.56 Å². The van der Waals surface area contributed by atoms with Crippen LogP contribution in [0.3, 0.4) is 0 Å². The number of carbonyl (C=O) groups excluding carboxylic acids is 1. The maximum absolute atomic E-state index is 13.3. The second-order valence-electron chi connectivity index (χ2n) is 6.24. The number of esters is 1. The number of methoxy groups -OCH3 is 1. The first-order valence-electron chi connectivity index (χ1n) is 8.73. The number of aromatic nitrogens is 1.